The molecule has 0 nitrogen and oxygen atoms in total. The topological polar surface area (TPSA) is 0 Å². The van der Waals surface area contributed by atoms with Crippen molar-refractivity contribution in [1.82, 2.24) is 0 Å². The predicted octanol–water partition coefficient (Wildman–Crippen LogP) is 7.98. The average Bonchev–Trinajstić information content (AvgIpc) is 2.66. The van der Waals surface area contributed by atoms with Gasteiger partial charge in [-0.2, -0.15) is 0 Å². The van der Waals surface area contributed by atoms with Gasteiger partial charge in [0, 0.05) is 0 Å². The van der Waals surface area contributed by atoms with Crippen LogP contribution in [0.2, 0.25) is 0 Å². The van der Waals surface area contributed by atoms with Crippen molar-refractivity contribution in [3.05, 3.63) is 47.5 Å². The van der Waals surface area contributed by atoms with Crippen LogP contribution in [0.25, 0.3) is 0 Å². The first-order valence-electron chi connectivity index (χ1n) is 11.0. The van der Waals surface area contributed by atoms with Crippen molar-refractivity contribution in [2.24, 2.45) is 17.8 Å². The van der Waals surface area contributed by atoms with Gasteiger partial charge < -0.3 is 0 Å². The van der Waals surface area contributed by atoms with E-state index in [-0.39, 0.29) is 0 Å². The van der Waals surface area contributed by atoms with Crippen LogP contribution in [0.1, 0.15) is 90.5 Å². The Morgan fingerprint density at radius 1 is 1.04 bits per heavy atom. The van der Waals surface area contributed by atoms with Gasteiger partial charge in [0.05, 0.1) is 0 Å². The molecule has 0 fully saturated rings. The van der Waals surface area contributed by atoms with Gasteiger partial charge in [0.25, 0.3) is 0 Å². The molecule has 2 rings (SSSR count). The number of hydrogen-bond acceptors (Lipinski definition) is 0. The number of allylic oxidation sites excluding steroid dienone is 2. The van der Waals surface area contributed by atoms with Crippen LogP contribution < -0.4 is 0 Å². The number of hydrogen-bond donors (Lipinski definition) is 0. The van der Waals surface area contributed by atoms with Gasteiger partial charge in [-0.25, -0.2) is 0 Å². The Morgan fingerprint density at radius 2 is 1.80 bits per heavy atom. The lowest BCUT2D eigenvalue weighted by Gasteiger charge is -2.28. The Labute approximate surface area is 157 Å². The van der Waals surface area contributed by atoms with Crippen LogP contribution >= 0.6 is 0 Å². The van der Waals surface area contributed by atoms with Gasteiger partial charge in [-0.1, -0.05) is 82.0 Å². The molecule has 0 heterocycles. The van der Waals surface area contributed by atoms with E-state index in [1.54, 1.807) is 0 Å². The molecular weight excluding hydrogens is 300 g/mol. The third kappa shape index (κ3) is 7.38. The van der Waals surface area contributed by atoms with E-state index in [1.807, 2.05) is 5.57 Å². The van der Waals surface area contributed by atoms with Gasteiger partial charge >= 0.3 is 0 Å². The second kappa shape index (κ2) is 11.6. The lowest BCUT2D eigenvalue weighted by molar-refractivity contribution is 0.341. The van der Waals surface area contributed by atoms with E-state index in [0.29, 0.717) is 0 Å². The molecule has 0 radical (unpaired) electrons. The summed E-state index contributed by atoms with van der Waals surface area (Å²) in [4.78, 5) is 0. The zero-order chi connectivity index (χ0) is 17.9. The second-order valence-electron chi connectivity index (χ2n) is 8.39. The van der Waals surface area contributed by atoms with Crippen molar-refractivity contribution in [2.45, 2.75) is 91.4 Å². The smallest absolute Gasteiger partial charge is 0.0203 e. The molecule has 0 heteroatoms. The zero-order valence-corrected chi connectivity index (χ0v) is 17.0. The molecule has 1 aromatic rings. The molecule has 0 saturated heterocycles. The largest absolute Gasteiger partial charge is 0.0848 e. The molecule has 1 aromatic carbocycles. The molecule has 1 aliphatic rings. The van der Waals surface area contributed by atoms with Crippen LogP contribution in [0.4, 0.5) is 0 Å². The third-order valence-corrected chi connectivity index (χ3v) is 6.28. The van der Waals surface area contributed by atoms with Gasteiger partial charge in [-0.05, 0) is 74.7 Å². The summed E-state index contributed by atoms with van der Waals surface area (Å²) in [6.07, 6.45) is 17.7. The average molecular weight is 341 g/mol. The highest BCUT2D eigenvalue weighted by Crippen LogP contribution is 2.36. The second-order valence-corrected chi connectivity index (χ2v) is 8.39. The van der Waals surface area contributed by atoms with Crippen molar-refractivity contribution in [2.75, 3.05) is 0 Å². The Hall–Kier alpha value is -1.04. The molecule has 0 amide bonds. The normalized spacial score (nSPS) is 20.1. The zero-order valence-electron chi connectivity index (χ0n) is 17.0. The van der Waals surface area contributed by atoms with E-state index in [9.17, 15) is 0 Å². The summed E-state index contributed by atoms with van der Waals surface area (Å²) in [7, 11) is 0. The minimum atomic E-state index is 0.855. The molecule has 0 N–H and O–H groups in total. The first-order chi connectivity index (χ1) is 12.2. The highest BCUT2D eigenvalue weighted by Gasteiger charge is 2.21. The minimum Gasteiger partial charge on any atom is -0.0848 e. The number of unbranched alkanes of at least 4 members (excludes halogenated alkanes) is 1. The maximum Gasteiger partial charge on any atom is -0.0203 e. The SMILES string of the molecule is CCCCC(CCCc1ccccc1)C1=CCC(CC(C)CC)CC1. The Balaban J connectivity index is 1.84. The molecular formula is C25H40. The van der Waals surface area contributed by atoms with E-state index in [1.165, 1.54) is 76.2 Å². The number of aryl methyl sites for hydroxylation is 1. The van der Waals surface area contributed by atoms with E-state index >= 15 is 0 Å². The van der Waals surface area contributed by atoms with Crippen LogP contribution in [0.5, 0.6) is 0 Å². The lowest BCUT2D eigenvalue weighted by atomic mass is 9.77. The van der Waals surface area contributed by atoms with Gasteiger partial charge in [0.2, 0.25) is 0 Å². The maximum atomic E-state index is 2.65. The Bertz CT molecular complexity index is 484. The molecule has 1 aliphatic carbocycles. The first kappa shape index (κ1) is 20.3. The van der Waals surface area contributed by atoms with E-state index in [4.69, 9.17) is 0 Å². The molecule has 0 spiro atoms. The van der Waals surface area contributed by atoms with E-state index in [0.717, 1.165) is 17.8 Å². The molecule has 0 bridgehead atoms. The standard InChI is InChI=1S/C25H40/c1-4-6-14-24(15-10-13-22-11-8-7-9-12-22)25-18-16-23(17-19-25)20-21(3)5-2/h7-9,11-12,18,21,23-24H,4-6,10,13-17,19-20H2,1-3H3. The maximum absolute atomic E-state index is 2.65. The molecule has 0 aliphatic heterocycles. The summed E-state index contributed by atoms with van der Waals surface area (Å²) in [5.74, 6) is 2.71. The first-order valence-corrected chi connectivity index (χ1v) is 11.0. The molecule has 0 saturated carbocycles. The van der Waals surface area contributed by atoms with Crippen LogP contribution in [0.3, 0.4) is 0 Å². The fourth-order valence-electron chi connectivity index (χ4n) is 4.39. The summed E-state index contributed by atoms with van der Waals surface area (Å²) in [5, 5.41) is 0. The van der Waals surface area contributed by atoms with Gasteiger partial charge in [-0.3, -0.25) is 0 Å². The summed E-state index contributed by atoms with van der Waals surface area (Å²) < 4.78 is 0. The van der Waals surface area contributed by atoms with Crippen LogP contribution in [-0.2, 0) is 6.42 Å². The van der Waals surface area contributed by atoms with Crippen molar-refractivity contribution >= 4 is 0 Å². The highest BCUT2D eigenvalue weighted by atomic mass is 14.3. The fraction of sp³-hybridized carbons (Fsp3) is 0.680. The predicted molar refractivity (Wildman–Crippen MR) is 112 cm³/mol. The number of rotatable bonds is 11. The fourth-order valence-corrected chi connectivity index (χ4v) is 4.39. The Kier molecular flexibility index (Phi) is 9.37. The third-order valence-electron chi connectivity index (χ3n) is 6.28. The van der Waals surface area contributed by atoms with Crippen molar-refractivity contribution in [3.8, 4) is 0 Å². The molecule has 3 unspecified atom stereocenters. The van der Waals surface area contributed by atoms with Crippen LogP contribution in [0.15, 0.2) is 42.0 Å². The van der Waals surface area contributed by atoms with Crippen LogP contribution in [-0.4, -0.2) is 0 Å². The Morgan fingerprint density at radius 3 is 2.44 bits per heavy atom. The van der Waals surface area contributed by atoms with Crippen molar-refractivity contribution < 1.29 is 0 Å². The van der Waals surface area contributed by atoms with Gasteiger partial charge in [0.15, 0.2) is 0 Å². The summed E-state index contributed by atoms with van der Waals surface area (Å²) >= 11 is 0. The van der Waals surface area contributed by atoms with E-state index in [2.05, 4.69) is 57.2 Å². The van der Waals surface area contributed by atoms with Crippen LogP contribution in [0, 0.1) is 17.8 Å². The lowest BCUT2D eigenvalue weighted by Crippen LogP contribution is -2.14. The number of benzene rings is 1. The molecule has 140 valence electrons. The van der Waals surface area contributed by atoms with Crippen molar-refractivity contribution in [1.29, 1.82) is 0 Å². The summed E-state index contributed by atoms with van der Waals surface area (Å²) in [5.41, 5.74) is 3.31. The van der Waals surface area contributed by atoms with Gasteiger partial charge in [0.1, 0.15) is 0 Å². The molecule has 0 aromatic heterocycles. The molecule has 3 atom stereocenters. The summed E-state index contributed by atoms with van der Waals surface area (Å²) in [6.45, 7) is 7.09. The van der Waals surface area contributed by atoms with Crippen molar-refractivity contribution in [3.63, 3.8) is 0 Å². The molecule has 25 heavy (non-hydrogen) atoms. The quantitative estimate of drug-likeness (QED) is 0.358. The monoisotopic (exact) mass is 340 g/mol. The summed E-state index contributed by atoms with van der Waals surface area (Å²) in [6, 6.07) is 11.0. The van der Waals surface area contributed by atoms with E-state index < -0.39 is 0 Å². The highest BCUT2D eigenvalue weighted by molar-refractivity contribution is 5.15. The minimum absolute atomic E-state index is 0.855. The van der Waals surface area contributed by atoms with Gasteiger partial charge in [-0.15, -0.1) is 0 Å².